The number of hydrogen-bond acceptors (Lipinski definition) is 7. The molecule has 0 aliphatic carbocycles. The zero-order chi connectivity index (χ0) is 20.6. The Kier molecular flexibility index (Phi) is 8.11. The molecule has 0 bridgehead atoms. The predicted molar refractivity (Wildman–Crippen MR) is 123 cm³/mol. The van der Waals surface area contributed by atoms with E-state index in [0.29, 0.717) is 10.7 Å². The average Bonchev–Trinajstić information content (AvgIpc) is 3.18. The Bertz CT molecular complexity index is 1000. The maximum Gasteiger partial charge on any atom is 0.250 e. The van der Waals surface area contributed by atoms with Crippen LogP contribution in [-0.2, 0) is 10.5 Å². The van der Waals surface area contributed by atoms with Crippen molar-refractivity contribution in [3.05, 3.63) is 70.2 Å². The van der Waals surface area contributed by atoms with Crippen LogP contribution in [-0.4, -0.2) is 27.6 Å². The zero-order valence-corrected chi connectivity index (χ0v) is 19.1. The summed E-state index contributed by atoms with van der Waals surface area (Å²) in [6, 6.07) is 15.8. The summed E-state index contributed by atoms with van der Waals surface area (Å²) in [6.45, 7) is 3.88. The number of carbonyl (C=O) groups excluding carboxylic acids is 1. The Hall–Kier alpha value is -1.87. The molecule has 1 heterocycles. The fraction of sp³-hybridized carbons (Fsp3) is 0.200. The lowest BCUT2D eigenvalue weighted by Gasteiger charge is -2.04. The van der Waals surface area contributed by atoms with E-state index in [-0.39, 0.29) is 11.7 Å². The molecule has 0 radical (unpaired) electrons. The molecule has 1 amide bonds. The Morgan fingerprint density at radius 2 is 1.79 bits per heavy atom. The van der Waals surface area contributed by atoms with Gasteiger partial charge in [-0.05, 0) is 25.5 Å². The largest absolute Gasteiger partial charge is 0.272 e. The first kappa shape index (κ1) is 21.8. The molecular weight excluding hydrogens is 444 g/mol. The van der Waals surface area contributed by atoms with Gasteiger partial charge in [0.2, 0.25) is 0 Å². The van der Waals surface area contributed by atoms with Gasteiger partial charge in [0.15, 0.2) is 8.68 Å². The average molecular weight is 463 g/mol. The highest BCUT2D eigenvalue weighted by Crippen LogP contribution is 2.30. The molecule has 0 unspecified atom stereocenters. The number of hydrogen-bond donors (Lipinski definition) is 1. The standard InChI is InChI=1S/C20H19ClN4OS3/c1-13-7-9-15(10-8-13)11-27-19-24-25-20(29-19)28-12-18(26)23-22-14(2)16-5-3-4-6-17(16)21/h3-10H,11-12H2,1-2H3,(H,23,26)/b22-14+. The van der Waals surface area contributed by atoms with E-state index in [2.05, 4.69) is 51.9 Å². The van der Waals surface area contributed by atoms with Gasteiger partial charge in [0, 0.05) is 16.3 Å². The highest BCUT2D eigenvalue weighted by Gasteiger charge is 2.09. The number of nitrogens with one attached hydrogen (secondary N) is 1. The lowest BCUT2D eigenvalue weighted by Crippen LogP contribution is -2.21. The molecule has 5 nitrogen and oxygen atoms in total. The summed E-state index contributed by atoms with van der Waals surface area (Å²) in [5, 5.41) is 13.1. The molecule has 9 heteroatoms. The number of aryl methyl sites for hydroxylation is 1. The second-order valence-corrected chi connectivity index (χ2v) is 9.94. The SMILES string of the molecule is C/C(=N\NC(=O)CSc1nnc(SCc2ccc(C)cc2)s1)c1ccccc1Cl. The summed E-state index contributed by atoms with van der Waals surface area (Å²) in [4.78, 5) is 12.1. The molecule has 29 heavy (non-hydrogen) atoms. The molecule has 150 valence electrons. The van der Waals surface area contributed by atoms with Crippen molar-refractivity contribution in [2.24, 2.45) is 5.10 Å². The molecule has 0 aliphatic rings. The fourth-order valence-corrected chi connectivity index (χ4v) is 5.30. The van der Waals surface area contributed by atoms with Crippen LogP contribution in [0.4, 0.5) is 0 Å². The Labute approximate surface area is 187 Å². The zero-order valence-electron chi connectivity index (χ0n) is 15.9. The molecule has 1 aromatic heterocycles. The molecule has 0 spiro atoms. The number of aromatic nitrogens is 2. The van der Waals surface area contributed by atoms with Crippen LogP contribution in [0.1, 0.15) is 23.6 Å². The van der Waals surface area contributed by atoms with E-state index in [0.717, 1.165) is 20.0 Å². The minimum atomic E-state index is -0.203. The number of nitrogens with zero attached hydrogens (tertiary/aromatic N) is 3. The quantitative estimate of drug-likeness (QED) is 0.275. The lowest BCUT2D eigenvalue weighted by atomic mass is 10.1. The van der Waals surface area contributed by atoms with Gasteiger partial charge < -0.3 is 0 Å². The summed E-state index contributed by atoms with van der Waals surface area (Å²) >= 11 is 10.6. The van der Waals surface area contributed by atoms with E-state index in [1.54, 1.807) is 24.8 Å². The van der Waals surface area contributed by atoms with Crippen LogP contribution in [0.15, 0.2) is 62.3 Å². The molecule has 0 aliphatic heterocycles. The van der Waals surface area contributed by atoms with Gasteiger partial charge in [0.05, 0.1) is 11.5 Å². The molecule has 0 fully saturated rings. The van der Waals surface area contributed by atoms with Gasteiger partial charge in [-0.2, -0.15) is 5.10 Å². The number of benzene rings is 2. The van der Waals surface area contributed by atoms with Crippen molar-refractivity contribution in [2.45, 2.75) is 28.3 Å². The molecule has 2 aromatic carbocycles. The highest BCUT2D eigenvalue weighted by atomic mass is 35.5. The second kappa shape index (κ2) is 10.8. The Morgan fingerprint density at radius 1 is 1.10 bits per heavy atom. The van der Waals surface area contributed by atoms with Crippen molar-refractivity contribution in [2.75, 3.05) is 5.75 Å². The first-order valence-electron chi connectivity index (χ1n) is 8.74. The normalized spacial score (nSPS) is 11.5. The van der Waals surface area contributed by atoms with Crippen LogP contribution in [0.25, 0.3) is 0 Å². The molecule has 0 saturated carbocycles. The van der Waals surface area contributed by atoms with Crippen LogP contribution < -0.4 is 5.43 Å². The maximum atomic E-state index is 12.1. The van der Waals surface area contributed by atoms with Gasteiger partial charge in [-0.15, -0.1) is 10.2 Å². The van der Waals surface area contributed by atoms with Gasteiger partial charge >= 0.3 is 0 Å². The topological polar surface area (TPSA) is 67.2 Å². The van der Waals surface area contributed by atoms with E-state index in [1.807, 2.05) is 18.2 Å². The van der Waals surface area contributed by atoms with E-state index in [4.69, 9.17) is 11.6 Å². The third kappa shape index (κ3) is 6.85. The summed E-state index contributed by atoms with van der Waals surface area (Å²) in [7, 11) is 0. The lowest BCUT2D eigenvalue weighted by molar-refractivity contribution is -0.118. The van der Waals surface area contributed by atoms with E-state index < -0.39 is 0 Å². The van der Waals surface area contributed by atoms with Crippen molar-refractivity contribution in [1.82, 2.24) is 15.6 Å². The first-order valence-corrected chi connectivity index (χ1v) is 11.9. The van der Waals surface area contributed by atoms with Crippen molar-refractivity contribution in [1.29, 1.82) is 0 Å². The molecular formula is C20H19ClN4OS3. The number of carbonyl (C=O) groups is 1. The van der Waals surface area contributed by atoms with Crippen molar-refractivity contribution < 1.29 is 4.79 Å². The highest BCUT2D eigenvalue weighted by molar-refractivity contribution is 8.03. The third-order valence-corrected chi connectivity index (χ3v) is 7.40. The van der Waals surface area contributed by atoms with E-state index in [9.17, 15) is 4.79 Å². The third-order valence-electron chi connectivity index (χ3n) is 3.81. The second-order valence-electron chi connectivity index (χ2n) is 6.11. The van der Waals surface area contributed by atoms with Crippen molar-refractivity contribution >= 4 is 58.1 Å². The van der Waals surface area contributed by atoms with Crippen LogP contribution in [0.5, 0.6) is 0 Å². The fourth-order valence-electron chi connectivity index (χ4n) is 2.26. The van der Waals surface area contributed by atoms with Gasteiger partial charge in [-0.1, -0.05) is 94.5 Å². The number of halogens is 1. The first-order chi connectivity index (χ1) is 14.0. The van der Waals surface area contributed by atoms with E-state index >= 15 is 0 Å². The number of amides is 1. The summed E-state index contributed by atoms with van der Waals surface area (Å²) in [6.07, 6.45) is 0. The van der Waals surface area contributed by atoms with Gasteiger partial charge in [0.1, 0.15) is 0 Å². The molecule has 1 N–H and O–H groups in total. The van der Waals surface area contributed by atoms with Crippen molar-refractivity contribution in [3.63, 3.8) is 0 Å². The molecule has 0 atom stereocenters. The summed E-state index contributed by atoms with van der Waals surface area (Å²) < 4.78 is 1.65. The van der Waals surface area contributed by atoms with Gasteiger partial charge in [-0.25, -0.2) is 5.43 Å². The maximum absolute atomic E-state index is 12.1. The minimum absolute atomic E-state index is 0.203. The van der Waals surface area contributed by atoms with Crippen LogP contribution in [0, 0.1) is 6.92 Å². The predicted octanol–water partition coefficient (Wildman–Crippen LogP) is 5.42. The monoisotopic (exact) mass is 462 g/mol. The smallest absolute Gasteiger partial charge is 0.250 e. The molecule has 0 saturated heterocycles. The number of hydrazone groups is 1. The van der Waals surface area contributed by atoms with Crippen LogP contribution in [0.3, 0.4) is 0 Å². The number of rotatable bonds is 8. The minimum Gasteiger partial charge on any atom is -0.272 e. The van der Waals surface area contributed by atoms with Crippen LogP contribution in [0.2, 0.25) is 5.02 Å². The van der Waals surface area contributed by atoms with Crippen molar-refractivity contribution in [3.8, 4) is 0 Å². The molecule has 3 rings (SSSR count). The van der Waals surface area contributed by atoms with Gasteiger partial charge in [0.25, 0.3) is 5.91 Å². The van der Waals surface area contributed by atoms with Crippen LogP contribution >= 0.6 is 46.5 Å². The number of thioether (sulfide) groups is 2. The Morgan fingerprint density at radius 3 is 2.52 bits per heavy atom. The summed E-state index contributed by atoms with van der Waals surface area (Å²) in [5.41, 5.74) is 6.50. The summed E-state index contributed by atoms with van der Waals surface area (Å²) in [5.74, 6) is 0.859. The van der Waals surface area contributed by atoms with E-state index in [1.165, 1.54) is 34.2 Å². The Balaban J connectivity index is 1.45. The van der Waals surface area contributed by atoms with Gasteiger partial charge in [-0.3, -0.25) is 4.79 Å². The molecule has 3 aromatic rings.